The van der Waals surface area contributed by atoms with Crippen molar-refractivity contribution in [2.75, 3.05) is 49.1 Å². The summed E-state index contributed by atoms with van der Waals surface area (Å²) in [6.45, 7) is 5.14. The molecular formula is C21H25N7O. The largest absolute Gasteiger partial charge is 0.368 e. The predicted octanol–water partition coefficient (Wildman–Crippen LogP) is 1.93. The Labute approximate surface area is 169 Å². The highest BCUT2D eigenvalue weighted by Crippen LogP contribution is 2.30. The molecule has 4 heterocycles. The van der Waals surface area contributed by atoms with Gasteiger partial charge in [-0.25, -0.2) is 9.97 Å². The minimum absolute atomic E-state index is 0.0490. The Bertz CT molecular complexity index is 1030. The molecule has 150 valence electrons. The fraction of sp³-hybridized carbons (Fsp3) is 0.429. The molecule has 29 heavy (non-hydrogen) atoms. The number of rotatable bonds is 3. The third-order valence-electron chi connectivity index (χ3n) is 5.98. The van der Waals surface area contributed by atoms with Crippen LogP contribution < -0.4 is 9.80 Å². The molecule has 2 aromatic heterocycles. The molecule has 2 aliphatic rings. The maximum atomic E-state index is 12.7. The van der Waals surface area contributed by atoms with Crippen LogP contribution in [-0.2, 0) is 7.05 Å². The van der Waals surface area contributed by atoms with E-state index in [1.54, 1.807) is 30.3 Å². The lowest BCUT2D eigenvalue weighted by atomic mass is 10.1. The van der Waals surface area contributed by atoms with Gasteiger partial charge in [-0.15, -0.1) is 0 Å². The van der Waals surface area contributed by atoms with Crippen molar-refractivity contribution in [1.29, 1.82) is 0 Å². The summed E-state index contributed by atoms with van der Waals surface area (Å²) in [5.41, 5.74) is 2.78. The molecule has 3 aromatic rings. The van der Waals surface area contributed by atoms with Gasteiger partial charge in [0.2, 0.25) is 0 Å². The van der Waals surface area contributed by atoms with E-state index in [-0.39, 0.29) is 5.91 Å². The first-order chi connectivity index (χ1) is 14.2. The minimum Gasteiger partial charge on any atom is -0.368 e. The number of fused-ring (bicyclic) bond motifs is 1. The molecule has 0 radical (unpaired) electrons. The Balaban J connectivity index is 1.35. The summed E-state index contributed by atoms with van der Waals surface area (Å²) >= 11 is 0. The van der Waals surface area contributed by atoms with Crippen molar-refractivity contribution in [3.8, 4) is 0 Å². The van der Waals surface area contributed by atoms with Gasteiger partial charge >= 0.3 is 0 Å². The summed E-state index contributed by atoms with van der Waals surface area (Å²) < 4.78 is 1.64. The van der Waals surface area contributed by atoms with E-state index < -0.39 is 0 Å². The maximum Gasteiger partial charge on any atom is 0.272 e. The number of hydrogen-bond donors (Lipinski definition) is 0. The second-order valence-electron chi connectivity index (χ2n) is 7.71. The van der Waals surface area contributed by atoms with Crippen LogP contribution in [0.1, 0.15) is 23.3 Å². The summed E-state index contributed by atoms with van der Waals surface area (Å²) in [5.74, 6) is 1.09. The highest BCUT2D eigenvalue weighted by Gasteiger charge is 2.24. The van der Waals surface area contributed by atoms with Crippen molar-refractivity contribution in [3.63, 3.8) is 0 Å². The highest BCUT2D eigenvalue weighted by molar-refractivity contribution is 5.93. The van der Waals surface area contributed by atoms with Gasteiger partial charge < -0.3 is 14.7 Å². The summed E-state index contributed by atoms with van der Waals surface area (Å²) in [6, 6.07) is 8.19. The van der Waals surface area contributed by atoms with E-state index in [2.05, 4.69) is 43.1 Å². The Hall–Kier alpha value is -3.16. The minimum atomic E-state index is 0.0490. The van der Waals surface area contributed by atoms with Gasteiger partial charge in [0, 0.05) is 63.6 Å². The van der Waals surface area contributed by atoms with Gasteiger partial charge in [0.1, 0.15) is 17.8 Å². The zero-order valence-electron chi connectivity index (χ0n) is 16.7. The number of aryl methyl sites for hydroxylation is 1. The number of anilines is 2. The zero-order chi connectivity index (χ0) is 19.8. The molecule has 0 aliphatic carbocycles. The van der Waals surface area contributed by atoms with E-state index in [4.69, 9.17) is 0 Å². The first-order valence-corrected chi connectivity index (χ1v) is 10.2. The third-order valence-corrected chi connectivity index (χ3v) is 5.98. The van der Waals surface area contributed by atoms with Crippen molar-refractivity contribution < 1.29 is 4.79 Å². The number of carbonyl (C=O) groups excluding carboxylic acids is 1. The van der Waals surface area contributed by atoms with Gasteiger partial charge in [-0.3, -0.25) is 9.48 Å². The second kappa shape index (κ2) is 7.35. The van der Waals surface area contributed by atoms with Crippen LogP contribution in [0.15, 0.2) is 36.8 Å². The molecule has 5 rings (SSSR count). The highest BCUT2D eigenvalue weighted by atomic mass is 16.2. The molecule has 0 N–H and O–H groups in total. The van der Waals surface area contributed by atoms with Crippen LogP contribution in [0, 0.1) is 0 Å². The molecule has 1 amide bonds. The lowest BCUT2D eigenvalue weighted by Gasteiger charge is -2.36. The molecule has 0 unspecified atom stereocenters. The van der Waals surface area contributed by atoms with Crippen molar-refractivity contribution in [2.45, 2.75) is 12.8 Å². The van der Waals surface area contributed by atoms with Gasteiger partial charge in [-0.2, -0.15) is 5.10 Å². The molecular weight excluding hydrogens is 366 g/mol. The van der Waals surface area contributed by atoms with Gasteiger partial charge in [0.05, 0.1) is 5.52 Å². The first kappa shape index (κ1) is 17.9. The lowest BCUT2D eigenvalue weighted by molar-refractivity contribution is 0.0735. The molecule has 0 saturated carbocycles. The van der Waals surface area contributed by atoms with Crippen LogP contribution in [0.2, 0.25) is 0 Å². The van der Waals surface area contributed by atoms with E-state index in [0.717, 1.165) is 42.9 Å². The van der Waals surface area contributed by atoms with Crippen molar-refractivity contribution in [2.24, 2.45) is 7.05 Å². The lowest BCUT2D eigenvalue weighted by Crippen LogP contribution is -2.49. The molecule has 0 atom stereocenters. The van der Waals surface area contributed by atoms with E-state index in [0.29, 0.717) is 18.8 Å². The molecule has 2 saturated heterocycles. The Kier molecular flexibility index (Phi) is 4.54. The van der Waals surface area contributed by atoms with Crippen LogP contribution >= 0.6 is 0 Å². The SMILES string of the molecule is Cn1nccc1C(=O)N1CCN(c2ccc3ncnc(N4CCCC4)c3c2)CC1. The number of hydrogen-bond acceptors (Lipinski definition) is 6. The molecule has 1 aromatic carbocycles. The standard InChI is InChI=1S/C21H25N7O/c1-25-19(6-7-24-25)21(29)28-12-10-26(11-13-28)16-4-5-18-17(14-16)20(23-15-22-18)27-8-2-3-9-27/h4-7,14-15H,2-3,8-13H2,1H3. The molecule has 2 fully saturated rings. The van der Waals surface area contributed by atoms with Crippen LogP contribution in [0.5, 0.6) is 0 Å². The average molecular weight is 391 g/mol. The van der Waals surface area contributed by atoms with E-state index in [1.807, 2.05) is 4.90 Å². The third kappa shape index (κ3) is 3.28. The van der Waals surface area contributed by atoms with Crippen molar-refractivity contribution >= 4 is 28.3 Å². The Morgan fingerprint density at radius 2 is 1.72 bits per heavy atom. The summed E-state index contributed by atoms with van der Waals surface area (Å²) in [7, 11) is 1.80. The number of benzene rings is 1. The quantitative estimate of drug-likeness (QED) is 0.679. The van der Waals surface area contributed by atoms with Crippen molar-refractivity contribution in [1.82, 2.24) is 24.6 Å². The van der Waals surface area contributed by atoms with Crippen LogP contribution in [0.4, 0.5) is 11.5 Å². The number of piperazine rings is 1. The number of nitrogens with zero attached hydrogens (tertiary/aromatic N) is 7. The second-order valence-corrected chi connectivity index (χ2v) is 7.71. The Morgan fingerprint density at radius 1 is 0.931 bits per heavy atom. The molecule has 2 aliphatic heterocycles. The molecule has 0 spiro atoms. The van der Waals surface area contributed by atoms with Gasteiger partial charge in [0.25, 0.3) is 5.91 Å². The average Bonchev–Trinajstić information content (AvgIpc) is 3.44. The van der Waals surface area contributed by atoms with E-state index in [9.17, 15) is 4.79 Å². The number of amides is 1. The topological polar surface area (TPSA) is 70.4 Å². The summed E-state index contributed by atoms with van der Waals surface area (Å²) in [5, 5.41) is 5.22. The number of carbonyl (C=O) groups is 1. The van der Waals surface area contributed by atoms with Crippen LogP contribution in [0.25, 0.3) is 10.9 Å². The molecule has 0 bridgehead atoms. The van der Waals surface area contributed by atoms with E-state index >= 15 is 0 Å². The number of aromatic nitrogens is 4. The first-order valence-electron chi connectivity index (χ1n) is 10.2. The maximum absolute atomic E-state index is 12.7. The van der Waals surface area contributed by atoms with Gasteiger partial charge in [-0.1, -0.05) is 0 Å². The van der Waals surface area contributed by atoms with Gasteiger partial charge in [-0.05, 0) is 37.1 Å². The smallest absolute Gasteiger partial charge is 0.272 e. The monoisotopic (exact) mass is 391 g/mol. The van der Waals surface area contributed by atoms with Crippen LogP contribution in [0.3, 0.4) is 0 Å². The summed E-state index contributed by atoms with van der Waals surface area (Å²) in [4.78, 5) is 28.4. The predicted molar refractivity (Wildman–Crippen MR) is 112 cm³/mol. The fourth-order valence-corrected chi connectivity index (χ4v) is 4.32. The van der Waals surface area contributed by atoms with Crippen molar-refractivity contribution in [3.05, 3.63) is 42.5 Å². The zero-order valence-corrected chi connectivity index (χ0v) is 16.7. The van der Waals surface area contributed by atoms with Crippen LogP contribution in [-0.4, -0.2) is 69.8 Å². The van der Waals surface area contributed by atoms with E-state index in [1.165, 1.54) is 18.5 Å². The molecule has 8 nitrogen and oxygen atoms in total. The Morgan fingerprint density at radius 3 is 2.45 bits per heavy atom. The fourth-order valence-electron chi connectivity index (χ4n) is 4.32. The summed E-state index contributed by atoms with van der Waals surface area (Å²) in [6.07, 6.45) is 5.77. The van der Waals surface area contributed by atoms with Gasteiger partial charge in [0.15, 0.2) is 0 Å². The normalized spacial score (nSPS) is 17.3. The molecule has 8 heteroatoms.